The summed E-state index contributed by atoms with van der Waals surface area (Å²) >= 11 is 0. The highest BCUT2D eigenvalue weighted by Crippen LogP contribution is 2.38. The first kappa shape index (κ1) is 22.8. The molecule has 0 bridgehead atoms. The zero-order valence-corrected chi connectivity index (χ0v) is 18.7. The number of sulfonamides is 1. The molecule has 0 saturated carbocycles. The van der Waals surface area contributed by atoms with Crippen LogP contribution in [0, 0.1) is 5.82 Å². The molecule has 0 aliphatic rings. The van der Waals surface area contributed by atoms with E-state index in [1.165, 1.54) is 42.7 Å². The SMILES string of the molecule is CCc1cc2c(C(=O)NC)c(-c3ccc(F)cc3)oc2cc1N(CCOC)S(C)(=O)=O. The summed E-state index contributed by atoms with van der Waals surface area (Å²) in [5.74, 6) is -0.470. The van der Waals surface area contributed by atoms with Crippen LogP contribution in [0.5, 0.6) is 0 Å². The zero-order chi connectivity index (χ0) is 22.8. The smallest absolute Gasteiger partial charge is 0.255 e. The number of nitrogens with zero attached hydrogens (tertiary/aromatic N) is 1. The fourth-order valence-corrected chi connectivity index (χ4v) is 4.42. The minimum absolute atomic E-state index is 0.141. The quantitative estimate of drug-likeness (QED) is 0.569. The molecule has 1 N–H and O–H groups in total. The number of rotatable bonds is 8. The number of ether oxygens (including phenoxy) is 1. The Balaban J connectivity index is 2.29. The van der Waals surface area contributed by atoms with Crippen LogP contribution in [0.3, 0.4) is 0 Å². The van der Waals surface area contributed by atoms with Crippen LogP contribution in [0.2, 0.25) is 0 Å². The summed E-state index contributed by atoms with van der Waals surface area (Å²) in [6, 6.07) is 9.04. The summed E-state index contributed by atoms with van der Waals surface area (Å²) in [6.45, 7) is 2.26. The van der Waals surface area contributed by atoms with Crippen LogP contribution in [0.4, 0.5) is 10.1 Å². The molecule has 31 heavy (non-hydrogen) atoms. The summed E-state index contributed by atoms with van der Waals surface area (Å²) in [5, 5.41) is 3.17. The molecule has 1 amide bonds. The zero-order valence-electron chi connectivity index (χ0n) is 17.9. The van der Waals surface area contributed by atoms with E-state index in [1.807, 2.05) is 6.92 Å². The van der Waals surface area contributed by atoms with Crippen molar-refractivity contribution in [2.24, 2.45) is 0 Å². The molecule has 0 radical (unpaired) electrons. The fourth-order valence-electron chi connectivity index (χ4n) is 3.49. The number of nitrogens with one attached hydrogen (secondary N) is 1. The molecule has 1 heterocycles. The second-order valence-corrected chi connectivity index (χ2v) is 8.96. The van der Waals surface area contributed by atoms with E-state index in [4.69, 9.17) is 9.15 Å². The Bertz CT molecular complexity index is 1200. The summed E-state index contributed by atoms with van der Waals surface area (Å²) in [7, 11) is -0.566. The molecule has 2 aromatic carbocycles. The molecule has 0 aliphatic heterocycles. The van der Waals surface area contributed by atoms with Gasteiger partial charge in [-0.2, -0.15) is 0 Å². The lowest BCUT2D eigenvalue weighted by molar-refractivity contribution is 0.0964. The van der Waals surface area contributed by atoms with Crippen LogP contribution in [0.1, 0.15) is 22.8 Å². The van der Waals surface area contributed by atoms with Gasteiger partial charge in [0.1, 0.15) is 17.2 Å². The maximum Gasteiger partial charge on any atom is 0.255 e. The van der Waals surface area contributed by atoms with E-state index >= 15 is 0 Å². The molecule has 3 aromatic rings. The third kappa shape index (κ3) is 4.57. The summed E-state index contributed by atoms with van der Waals surface area (Å²) < 4.78 is 50.7. The molecular weight excluding hydrogens is 423 g/mol. The first-order chi connectivity index (χ1) is 14.7. The van der Waals surface area contributed by atoms with Gasteiger partial charge in [-0.15, -0.1) is 0 Å². The molecule has 0 unspecified atom stereocenters. The number of hydrogen-bond acceptors (Lipinski definition) is 5. The van der Waals surface area contributed by atoms with Gasteiger partial charge in [-0.05, 0) is 42.3 Å². The number of hydrogen-bond donors (Lipinski definition) is 1. The van der Waals surface area contributed by atoms with Gasteiger partial charge in [0.15, 0.2) is 0 Å². The van der Waals surface area contributed by atoms with E-state index in [9.17, 15) is 17.6 Å². The molecule has 0 saturated heterocycles. The predicted octanol–water partition coefficient (Wildman–Crippen LogP) is 3.57. The first-order valence-corrected chi connectivity index (χ1v) is 11.6. The standard InChI is InChI=1S/C22H25FN2O5S/c1-5-14-12-17-19(13-18(14)25(10-11-29-3)31(4,27)28)30-21(20(17)22(26)24-2)15-6-8-16(23)9-7-15/h6-9,12-13H,5,10-11H2,1-4H3,(H,24,26). The molecule has 0 atom stereocenters. The molecule has 7 nitrogen and oxygen atoms in total. The highest BCUT2D eigenvalue weighted by molar-refractivity contribution is 7.92. The number of aryl methyl sites for hydroxylation is 1. The summed E-state index contributed by atoms with van der Waals surface area (Å²) in [5.41, 5.74) is 2.42. The normalized spacial score (nSPS) is 11.6. The van der Waals surface area contributed by atoms with Gasteiger partial charge >= 0.3 is 0 Å². The van der Waals surface area contributed by atoms with Gasteiger partial charge in [0.25, 0.3) is 5.91 Å². The number of carbonyl (C=O) groups is 1. The number of furan rings is 1. The van der Waals surface area contributed by atoms with Crippen molar-refractivity contribution in [3.8, 4) is 11.3 Å². The Morgan fingerprint density at radius 1 is 1.23 bits per heavy atom. The minimum Gasteiger partial charge on any atom is -0.455 e. The second-order valence-electron chi connectivity index (χ2n) is 7.05. The van der Waals surface area contributed by atoms with Crippen LogP contribution in [-0.2, 0) is 21.2 Å². The monoisotopic (exact) mass is 448 g/mol. The van der Waals surface area contributed by atoms with Crippen molar-refractivity contribution in [2.45, 2.75) is 13.3 Å². The number of anilines is 1. The number of carbonyl (C=O) groups excluding carboxylic acids is 1. The number of methoxy groups -OCH3 is 1. The van der Waals surface area contributed by atoms with E-state index in [0.717, 1.165) is 11.8 Å². The Hall–Kier alpha value is -2.91. The third-order valence-electron chi connectivity index (χ3n) is 5.00. The maximum absolute atomic E-state index is 13.4. The largest absolute Gasteiger partial charge is 0.455 e. The Morgan fingerprint density at radius 3 is 2.45 bits per heavy atom. The summed E-state index contributed by atoms with van der Waals surface area (Å²) in [6.07, 6.45) is 1.67. The molecule has 0 fully saturated rings. The van der Waals surface area contributed by atoms with Crippen molar-refractivity contribution < 1.29 is 26.8 Å². The van der Waals surface area contributed by atoms with Gasteiger partial charge in [0.2, 0.25) is 10.0 Å². The van der Waals surface area contributed by atoms with Crippen molar-refractivity contribution in [1.29, 1.82) is 0 Å². The van der Waals surface area contributed by atoms with Gasteiger partial charge in [-0.3, -0.25) is 9.10 Å². The van der Waals surface area contributed by atoms with Crippen molar-refractivity contribution in [2.75, 3.05) is 37.9 Å². The molecular formula is C22H25FN2O5S. The number of benzene rings is 2. The van der Waals surface area contributed by atoms with Crippen molar-refractivity contribution in [3.05, 3.63) is 53.3 Å². The molecule has 1 aromatic heterocycles. The lowest BCUT2D eigenvalue weighted by atomic mass is 10.0. The van der Waals surface area contributed by atoms with Crippen LogP contribution in [0.15, 0.2) is 40.8 Å². The number of fused-ring (bicyclic) bond motifs is 1. The Morgan fingerprint density at radius 2 is 1.90 bits per heavy atom. The fraction of sp³-hybridized carbons (Fsp3) is 0.318. The van der Waals surface area contributed by atoms with Crippen LogP contribution < -0.4 is 9.62 Å². The van der Waals surface area contributed by atoms with E-state index in [1.54, 1.807) is 12.1 Å². The topological polar surface area (TPSA) is 88.8 Å². The molecule has 3 rings (SSSR count). The highest BCUT2D eigenvalue weighted by atomic mass is 32.2. The molecule has 166 valence electrons. The number of amides is 1. The maximum atomic E-state index is 13.4. The van der Waals surface area contributed by atoms with Gasteiger partial charge in [0.05, 0.1) is 30.7 Å². The van der Waals surface area contributed by atoms with Gasteiger partial charge in [-0.25, -0.2) is 12.8 Å². The van der Waals surface area contributed by atoms with Crippen LogP contribution in [-0.4, -0.2) is 47.9 Å². The minimum atomic E-state index is -3.58. The van der Waals surface area contributed by atoms with Crippen molar-refractivity contribution in [1.82, 2.24) is 5.32 Å². The lowest BCUT2D eigenvalue weighted by Crippen LogP contribution is -2.33. The molecule has 9 heteroatoms. The predicted molar refractivity (Wildman–Crippen MR) is 118 cm³/mol. The second kappa shape index (κ2) is 9.07. The average Bonchev–Trinajstić information content (AvgIpc) is 3.10. The summed E-state index contributed by atoms with van der Waals surface area (Å²) in [4.78, 5) is 12.7. The van der Waals surface area contributed by atoms with Gasteiger partial charge in [-0.1, -0.05) is 6.92 Å². The van der Waals surface area contributed by atoms with E-state index in [0.29, 0.717) is 34.2 Å². The molecule has 0 spiro atoms. The number of halogens is 1. The van der Waals surface area contributed by atoms with Gasteiger partial charge < -0.3 is 14.5 Å². The lowest BCUT2D eigenvalue weighted by Gasteiger charge is -2.24. The molecule has 0 aliphatic carbocycles. The van der Waals surface area contributed by atoms with Gasteiger partial charge in [0, 0.05) is 31.2 Å². The highest BCUT2D eigenvalue weighted by Gasteiger charge is 2.26. The van der Waals surface area contributed by atoms with Crippen LogP contribution in [0.25, 0.3) is 22.3 Å². The Labute approximate surface area is 180 Å². The Kier molecular flexibility index (Phi) is 6.66. The van der Waals surface area contributed by atoms with E-state index < -0.39 is 15.8 Å². The van der Waals surface area contributed by atoms with Crippen LogP contribution >= 0.6 is 0 Å². The third-order valence-corrected chi connectivity index (χ3v) is 6.18. The van der Waals surface area contributed by atoms with E-state index in [-0.39, 0.29) is 24.8 Å². The first-order valence-electron chi connectivity index (χ1n) is 9.75. The van der Waals surface area contributed by atoms with E-state index in [2.05, 4.69) is 5.32 Å². The van der Waals surface area contributed by atoms with Crippen molar-refractivity contribution in [3.63, 3.8) is 0 Å². The average molecular weight is 449 g/mol. The van der Waals surface area contributed by atoms with Crippen molar-refractivity contribution >= 4 is 32.6 Å².